The van der Waals surface area contributed by atoms with Gasteiger partial charge in [0.05, 0.1) is 13.0 Å². The predicted molar refractivity (Wildman–Crippen MR) is 71.4 cm³/mol. The molecule has 1 heterocycles. The lowest BCUT2D eigenvalue weighted by Crippen LogP contribution is -2.38. The number of likely N-dealkylation sites (tertiary alicyclic amines) is 1. The fourth-order valence-corrected chi connectivity index (χ4v) is 2.59. The first-order valence-corrected chi connectivity index (χ1v) is 6.73. The largest absolute Gasteiger partial charge is 0.384 e. The van der Waals surface area contributed by atoms with Gasteiger partial charge >= 0.3 is 0 Å². The first-order chi connectivity index (χ1) is 9.22. The van der Waals surface area contributed by atoms with Crippen molar-refractivity contribution in [1.29, 1.82) is 0 Å². The summed E-state index contributed by atoms with van der Waals surface area (Å²) in [5, 5.41) is 0. The molecule has 0 atom stereocenters. The number of hydrogen-bond donors (Lipinski definition) is 0. The van der Waals surface area contributed by atoms with Gasteiger partial charge in [-0.05, 0) is 30.4 Å². The highest BCUT2D eigenvalue weighted by molar-refractivity contribution is 5.76. The van der Waals surface area contributed by atoms with Gasteiger partial charge in [-0.2, -0.15) is 0 Å². The van der Waals surface area contributed by atoms with E-state index in [2.05, 4.69) is 0 Å². The van der Waals surface area contributed by atoms with E-state index < -0.39 is 0 Å². The maximum Gasteiger partial charge on any atom is 0.224 e. The molecule has 19 heavy (non-hydrogen) atoms. The molecule has 0 spiro atoms. The Hall–Kier alpha value is -1.42. The van der Waals surface area contributed by atoms with Crippen molar-refractivity contribution in [3.8, 4) is 0 Å². The van der Waals surface area contributed by atoms with Gasteiger partial charge in [-0.15, -0.1) is 0 Å². The van der Waals surface area contributed by atoms with Crippen LogP contribution in [0.2, 0.25) is 0 Å². The van der Waals surface area contributed by atoms with E-state index in [0.717, 1.165) is 18.4 Å². The molecule has 0 aliphatic carbocycles. The van der Waals surface area contributed by atoms with E-state index in [1.165, 1.54) is 6.07 Å². The molecule has 4 heteroatoms. The van der Waals surface area contributed by atoms with Gasteiger partial charge in [0.15, 0.2) is 0 Å². The third-order valence-corrected chi connectivity index (χ3v) is 3.71. The highest BCUT2D eigenvalue weighted by Gasteiger charge is 2.24. The molecule has 1 aromatic rings. The molecule has 0 unspecified atom stereocenters. The number of amides is 1. The number of methoxy groups -OCH3 is 1. The van der Waals surface area contributed by atoms with Crippen molar-refractivity contribution >= 4 is 5.91 Å². The van der Waals surface area contributed by atoms with Crippen molar-refractivity contribution in [3.05, 3.63) is 35.6 Å². The summed E-state index contributed by atoms with van der Waals surface area (Å²) in [6.45, 7) is 1.88. The number of piperidine rings is 1. The molecular weight excluding hydrogens is 245 g/mol. The summed E-state index contributed by atoms with van der Waals surface area (Å²) in [5.41, 5.74) is 0.784. The van der Waals surface area contributed by atoms with Crippen LogP contribution in [0, 0.1) is 5.82 Å². The van der Waals surface area contributed by atoms with Gasteiger partial charge < -0.3 is 9.64 Å². The Balaban J connectivity index is 1.89. The van der Waals surface area contributed by atoms with Gasteiger partial charge in [0, 0.05) is 20.2 Å². The average molecular weight is 265 g/mol. The monoisotopic (exact) mass is 265 g/mol. The Morgan fingerprint density at radius 1 is 1.37 bits per heavy atom. The highest BCUT2D eigenvalue weighted by atomic mass is 19.1. The second kappa shape index (κ2) is 6.66. The Morgan fingerprint density at radius 3 is 2.68 bits per heavy atom. The lowest BCUT2D eigenvalue weighted by atomic mass is 9.89. The van der Waals surface area contributed by atoms with Gasteiger partial charge in [0.2, 0.25) is 5.91 Å². The summed E-state index contributed by atoms with van der Waals surface area (Å²) in [5.74, 6) is 0.230. The minimum atomic E-state index is -0.133. The van der Waals surface area contributed by atoms with Crippen LogP contribution in [0.5, 0.6) is 0 Å². The molecule has 0 N–H and O–H groups in total. The number of ether oxygens (including phenoxy) is 1. The molecule has 2 rings (SSSR count). The van der Waals surface area contributed by atoms with Crippen molar-refractivity contribution in [2.24, 2.45) is 0 Å². The zero-order valence-corrected chi connectivity index (χ0v) is 11.3. The van der Waals surface area contributed by atoms with E-state index in [9.17, 15) is 9.18 Å². The second-order valence-electron chi connectivity index (χ2n) is 4.92. The Kier molecular flexibility index (Phi) is 4.91. The van der Waals surface area contributed by atoms with Crippen LogP contribution in [0.4, 0.5) is 4.39 Å². The minimum Gasteiger partial charge on any atom is -0.384 e. The summed E-state index contributed by atoms with van der Waals surface area (Å²) in [6, 6.07) is 6.94. The molecular formula is C15H20FNO2. The standard InChI is InChI=1S/C15H20FNO2/c1-19-11-8-15(18)17-9-6-12(7-10-17)13-4-2-3-5-14(13)16/h2-5,12H,6-11H2,1H3. The third kappa shape index (κ3) is 3.53. The fraction of sp³-hybridized carbons (Fsp3) is 0.533. The average Bonchev–Trinajstić information content (AvgIpc) is 2.45. The topological polar surface area (TPSA) is 29.5 Å². The van der Waals surface area contributed by atoms with Crippen molar-refractivity contribution in [2.75, 3.05) is 26.8 Å². The van der Waals surface area contributed by atoms with Crippen LogP contribution in [0.1, 0.15) is 30.7 Å². The van der Waals surface area contributed by atoms with E-state index in [-0.39, 0.29) is 17.6 Å². The Bertz CT molecular complexity index is 428. The molecule has 0 saturated carbocycles. The number of benzene rings is 1. The number of rotatable bonds is 4. The van der Waals surface area contributed by atoms with E-state index in [1.807, 2.05) is 17.0 Å². The van der Waals surface area contributed by atoms with Gasteiger partial charge in [-0.25, -0.2) is 4.39 Å². The normalized spacial score (nSPS) is 16.6. The van der Waals surface area contributed by atoms with Gasteiger partial charge in [-0.1, -0.05) is 18.2 Å². The van der Waals surface area contributed by atoms with E-state index in [4.69, 9.17) is 4.74 Å². The second-order valence-corrected chi connectivity index (χ2v) is 4.92. The van der Waals surface area contributed by atoms with Crippen LogP contribution in [-0.4, -0.2) is 37.6 Å². The number of hydrogen-bond acceptors (Lipinski definition) is 2. The van der Waals surface area contributed by atoms with Gasteiger partial charge in [0.25, 0.3) is 0 Å². The molecule has 0 radical (unpaired) electrons. The van der Waals surface area contributed by atoms with Crippen LogP contribution in [0.25, 0.3) is 0 Å². The molecule has 1 saturated heterocycles. The number of halogens is 1. The summed E-state index contributed by atoms with van der Waals surface area (Å²) in [7, 11) is 1.59. The maximum absolute atomic E-state index is 13.7. The van der Waals surface area contributed by atoms with Gasteiger partial charge in [-0.3, -0.25) is 4.79 Å². The molecule has 1 aromatic carbocycles. The summed E-state index contributed by atoms with van der Waals surface area (Å²) in [6.07, 6.45) is 2.10. The molecule has 0 bridgehead atoms. The molecule has 1 fully saturated rings. The van der Waals surface area contributed by atoms with E-state index in [0.29, 0.717) is 26.1 Å². The SMILES string of the molecule is COCCC(=O)N1CCC(c2ccccc2F)CC1. The third-order valence-electron chi connectivity index (χ3n) is 3.71. The first kappa shape index (κ1) is 14.0. The van der Waals surface area contributed by atoms with Crippen molar-refractivity contribution < 1.29 is 13.9 Å². The first-order valence-electron chi connectivity index (χ1n) is 6.73. The Labute approximate surface area is 113 Å². The molecule has 1 amide bonds. The number of nitrogens with zero attached hydrogens (tertiary/aromatic N) is 1. The zero-order valence-electron chi connectivity index (χ0n) is 11.3. The Morgan fingerprint density at radius 2 is 2.05 bits per heavy atom. The van der Waals surface area contributed by atoms with Crippen LogP contribution in [0.15, 0.2) is 24.3 Å². The fourth-order valence-electron chi connectivity index (χ4n) is 2.59. The molecule has 3 nitrogen and oxygen atoms in total. The number of carbonyl (C=O) groups is 1. The van der Waals surface area contributed by atoms with Crippen molar-refractivity contribution in [1.82, 2.24) is 4.90 Å². The lowest BCUT2D eigenvalue weighted by Gasteiger charge is -2.32. The van der Waals surface area contributed by atoms with Crippen LogP contribution in [-0.2, 0) is 9.53 Å². The molecule has 1 aliphatic rings. The molecule has 104 valence electrons. The smallest absolute Gasteiger partial charge is 0.224 e. The molecule has 1 aliphatic heterocycles. The van der Waals surface area contributed by atoms with E-state index in [1.54, 1.807) is 13.2 Å². The number of carbonyl (C=O) groups excluding carboxylic acids is 1. The van der Waals surface area contributed by atoms with Gasteiger partial charge in [0.1, 0.15) is 5.82 Å². The lowest BCUT2D eigenvalue weighted by molar-refractivity contribution is -0.133. The van der Waals surface area contributed by atoms with E-state index >= 15 is 0 Å². The summed E-state index contributed by atoms with van der Waals surface area (Å²) in [4.78, 5) is 13.7. The quantitative estimate of drug-likeness (QED) is 0.837. The highest BCUT2D eigenvalue weighted by Crippen LogP contribution is 2.29. The van der Waals surface area contributed by atoms with Crippen molar-refractivity contribution in [2.45, 2.75) is 25.2 Å². The minimum absolute atomic E-state index is 0.133. The summed E-state index contributed by atoms with van der Waals surface area (Å²) < 4.78 is 18.6. The maximum atomic E-state index is 13.7. The zero-order chi connectivity index (χ0) is 13.7. The van der Waals surface area contributed by atoms with Crippen molar-refractivity contribution in [3.63, 3.8) is 0 Å². The van der Waals surface area contributed by atoms with Crippen LogP contribution in [0.3, 0.4) is 0 Å². The summed E-state index contributed by atoms with van der Waals surface area (Å²) >= 11 is 0. The van der Waals surface area contributed by atoms with Crippen LogP contribution >= 0.6 is 0 Å². The predicted octanol–water partition coefficient (Wildman–Crippen LogP) is 2.57. The van der Waals surface area contributed by atoms with Crippen LogP contribution < -0.4 is 0 Å². The molecule has 0 aromatic heterocycles.